The Bertz CT molecular complexity index is 709. The molecule has 1 aliphatic heterocycles. The van der Waals surface area contributed by atoms with E-state index < -0.39 is 0 Å². The number of carbonyl (C=O) groups excluding carboxylic acids is 1. The highest BCUT2D eigenvalue weighted by Crippen LogP contribution is 2.28. The normalized spacial score (nSPS) is 15.8. The van der Waals surface area contributed by atoms with Gasteiger partial charge in [0.1, 0.15) is 5.76 Å². The first-order valence-electron chi connectivity index (χ1n) is 8.96. The number of hydrogen-bond donors (Lipinski definition) is 1. The van der Waals surface area contributed by atoms with Gasteiger partial charge >= 0.3 is 0 Å². The highest BCUT2D eigenvalue weighted by Gasteiger charge is 2.25. The van der Waals surface area contributed by atoms with E-state index in [4.69, 9.17) is 13.9 Å². The molecule has 1 aromatic carbocycles. The summed E-state index contributed by atoms with van der Waals surface area (Å²) in [7, 11) is 3.14. The lowest BCUT2D eigenvalue weighted by atomic mass is 10.1. The van der Waals surface area contributed by atoms with Crippen LogP contribution >= 0.6 is 0 Å². The maximum atomic E-state index is 12.5. The van der Waals surface area contributed by atoms with Gasteiger partial charge in [0.2, 0.25) is 0 Å². The maximum Gasteiger partial charge on any atom is 0.176 e. The molecule has 1 atom stereocenters. The molecule has 2 aromatic rings. The average molecular weight is 358 g/mol. The molecule has 0 saturated carbocycles. The maximum absolute atomic E-state index is 12.5. The first kappa shape index (κ1) is 18.5. The van der Waals surface area contributed by atoms with Gasteiger partial charge in [-0.15, -0.1) is 0 Å². The van der Waals surface area contributed by atoms with Crippen molar-refractivity contribution in [2.45, 2.75) is 18.9 Å². The van der Waals surface area contributed by atoms with Gasteiger partial charge in [0.05, 0.1) is 33.1 Å². The van der Waals surface area contributed by atoms with Crippen molar-refractivity contribution < 1.29 is 18.7 Å². The molecule has 140 valence electrons. The Morgan fingerprint density at radius 3 is 2.62 bits per heavy atom. The number of carbonyl (C=O) groups is 1. The Morgan fingerprint density at radius 2 is 1.96 bits per heavy atom. The molecule has 0 amide bonds. The molecule has 26 heavy (non-hydrogen) atoms. The summed E-state index contributed by atoms with van der Waals surface area (Å²) in [6, 6.07) is 9.30. The van der Waals surface area contributed by atoms with E-state index in [9.17, 15) is 4.79 Å². The zero-order valence-corrected chi connectivity index (χ0v) is 15.4. The molecule has 6 nitrogen and oxygen atoms in total. The van der Waals surface area contributed by atoms with Crippen molar-refractivity contribution in [3.8, 4) is 11.5 Å². The van der Waals surface area contributed by atoms with E-state index in [0.29, 0.717) is 23.6 Å². The number of ketones is 1. The summed E-state index contributed by atoms with van der Waals surface area (Å²) in [5.74, 6) is 2.14. The van der Waals surface area contributed by atoms with E-state index in [1.54, 1.807) is 38.7 Å². The van der Waals surface area contributed by atoms with Gasteiger partial charge in [0.25, 0.3) is 0 Å². The van der Waals surface area contributed by atoms with Crippen molar-refractivity contribution in [2.24, 2.45) is 0 Å². The molecule has 1 aromatic heterocycles. The van der Waals surface area contributed by atoms with Gasteiger partial charge in [0.15, 0.2) is 17.3 Å². The largest absolute Gasteiger partial charge is 0.493 e. The zero-order chi connectivity index (χ0) is 18.4. The summed E-state index contributed by atoms with van der Waals surface area (Å²) in [6.07, 6.45) is 4.12. The van der Waals surface area contributed by atoms with E-state index in [1.807, 2.05) is 12.1 Å². The Kier molecular flexibility index (Phi) is 6.30. The molecular weight excluding hydrogens is 332 g/mol. The smallest absolute Gasteiger partial charge is 0.176 e. The topological polar surface area (TPSA) is 63.9 Å². The molecule has 0 aliphatic carbocycles. The average Bonchev–Trinajstić information content (AvgIpc) is 3.38. The fourth-order valence-corrected chi connectivity index (χ4v) is 3.38. The van der Waals surface area contributed by atoms with Crippen LogP contribution in [0.2, 0.25) is 0 Å². The lowest BCUT2D eigenvalue weighted by Gasteiger charge is -2.26. The third-order valence-electron chi connectivity index (χ3n) is 4.78. The summed E-state index contributed by atoms with van der Waals surface area (Å²) < 4.78 is 16.1. The highest BCUT2D eigenvalue weighted by atomic mass is 16.5. The summed E-state index contributed by atoms with van der Waals surface area (Å²) in [5.41, 5.74) is 0.603. The number of rotatable bonds is 9. The number of methoxy groups -OCH3 is 2. The Balaban J connectivity index is 1.59. The van der Waals surface area contributed by atoms with Gasteiger partial charge in [-0.1, -0.05) is 0 Å². The van der Waals surface area contributed by atoms with Crippen molar-refractivity contribution >= 4 is 5.78 Å². The molecule has 6 heteroatoms. The molecule has 1 saturated heterocycles. The predicted molar refractivity (Wildman–Crippen MR) is 99.0 cm³/mol. The van der Waals surface area contributed by atoms with Crippen LogP contribution in [0.25, 0.3) is 0 Å². The fraction of sp³-hybridized carbons (Fsp3) is 0.450. The van der Waals surface area contributed by atoms with Crippen LogP contribution in [0, 0.1) is 0 Å². The van der Waals surface area contributed by atoms with Crippen LogP contribution in [-0.2, 0) is 0 Å². The monoisotopic (exact) mass is 358 g/mol. The predicted octanol–water partition coefficient (Wildman–Crippen LogP) is 2.91. The van der Waals surface area contributed by atoms with Crippen molar-refractivity contribution in [1.29, 1.82) is 0 Å². The van der Waals surface area contributed by atoms with Gasteiger partial charge in [-0.2, -0.15) is 0 Å². The molecule has 0 spiro atoms. The van der Waals surface area contributed by atoms with Crippen molar-refractivity contribution in [1.82, 2.24) is 10.2 Å². The third-order valence-corrected chi connectivity index (χ3v) is 4.78. The number of hydrogen-bond acceptors (Lipinski definition) is 6. The van der Waals surface area contributed by atoms with E-state index in [1.165, 1.54) is 12.8 Å². The number of benzene rings is 1. The van der Waals surface area contributed by atoms with E-state index in [2.05, 4.69) is 10.2 Å². The van der Waals surface area contributed by atoms with Crippen molar-refractivity contribution in [3.05, 3.63) is 47.9 Å². The Labute approximate surface area is 154 Å². The van der Waals surface area contributed by atoms with Crippen molar-refractivity contribution in [3.63, 3.8) is 0 Å². The molecular formula is C20H26N2O4. The highest BCUT2D eigenvalue weighted by molar-refractivity contribution is 5.98. The molecule has 3 rings (SSSR count). The SMILES string of the molecule is COc1ccc(C(=O)CNCC(c2ccco2)N2CCCC2)cc1OC. The second kappa shape index (κ2) is 8.87. The van der Waals surface area contributed by atoms with E-state index in [-0.39, 0.29) is 18.4 Å². The second-order valence-corrected chi connectivity index (χ2v) is 6.40. The minimum atomic E-state index is 0.0190. The minimum absolute atomic E-state index is 0.0190. The first-order valence-corrected chi connectivity index (χ1v) is 8.96. The van der Waals surface area contributed by atoms with E-state index >= 15 is 0 Å². The summed E-state index contributed by atoms with van der Waals surface area (Å²) in [4.78, 5) is 14.9. The zero-order valence-electron chi connectivity index (χ0n) is 15.4. The van der Waals surface area contributed by atoms with Crippen LogP contribution in [0.15, 0.2) is 41.0 Å². The van der Waals surface area contributed by atoms with Gasteiger partial charge in [-0.25, -0.2) is 0 Å². The Hall–Kier alpha value is -2.31. The minimum Gasteiger partial charge on any atom is -0.493 e. The molecule has 2 heterocycles. The van der Waals surface area contributed by atoms with Crippen LogP contribution in [0.3, 0.4) is 0 Å². The van der Waals surface area contributed by atoms with Crippen molar-refractivity contribution in [2.75, 3.05) is 40.4 Å². The number of nitrogens with zero attached hydrogens (tertiary/aromatic N) is 1. The van der Waals surface area contributed by atoms with E-state index in [0.717, 1.165) is 18.8 Å². The van der Waals surface area contributed by atoms with Gasteiger partial charge in [0, 0.05) is 12.1 Å². The molecule has 1 unspecified atom stereocenters. The lowest BCUT2D eigenvalue weighted by Crippen LogP contribution is -2.36. The molecule has 1 N–H and O–H groups in total. The van der Waals surface area contributed by atoms with Crippen LogP contribution in [0.4, 0.5) is 0 Å². The second-order valence-electron chi connectivity index (χ2n) is 6.40. The van der Waals surface area contributed by atoms with Gasteiger partial charge < -0.3 is 19.2 Å². The number of furan rings is 1. The summed E-state index contributed by atoms with van der Waals surface area (Å²) in [5, 5.41) is 3.29. The number of ether oxygens (including phenoxy) is 2. The van der Waals surface area contributed by atoms with Crippen LogP contribution in [0.5, 0.6) is 11.5 Å². The van der Waals surface area contributed by atoms with Gasteiger partial charge in [-0.3, -0.25) is 9.69 Å². The Morgan fingerprint density at radius 1 is 1.19 bits per heavy atom. The lowest BCUT2D eigenvalue weighted by molar-refractivity contribution is 0.0986. The fourth-order valence-electron chi connectivity index (χ4n) is 3.38. The molecule has 1 fully saturated rings. The summed E-state index contributed by atoms with van der Waals surface area (Å²) >= 11 is 0. The molecule has 0 radical (unpaired) electrons. The standard InChI is InChI=1S/C20H26N2O4/c1-24-19-8-7-15(12-20(19)25-2)17(23)14-21-13-16(18-6-5-11-26-18)22-9-3-4-10-22/h5-8,11-12,16,21H,3-4,9-10,13-14H2,1-2H3. The van der Waals surface area contributed by atoms with Gasteiger partial charge in [-0.05, 0) is 56.3 Å². The third kappa shape index (κ3) is 4.26. The molecule has 0 bridgehead atoms. The number of nitrogens with one attached hydrogen (secondary N) is 1. The number of Topliss-reactive ketones (excluding diaryl/α,β-unsaturated/α-hetero) is 1. The van der Waals surface area contributed by atoms with Crippen LogP contribution < -0.4 is 14.8 Å². The number of likely N-dealkylation sites (tertiary alicyclic amines) is 1. The quantitative estimate of drug-likeness (QED) is 0.696. The molecule has 1 aliphatic rings. The summed E-state index contributed by atoms with van der Waals surface area (Å²) in [6.45, 7) is 3.07. The van der Waals surface area contributed by atoms with Crippen LogP contribution in [0.1, 0.15) is 35.0 Å². The van der Waals surface area contributed by atoms with Crippen LogP contribution in [-0.4, -0.2) is 51.1 Å². The first-order chi connectivity index (χ1) is 12.7.